The zero-order chi connectivity index (χ0) is 13.7. The molecule has 0 aromatic heterocycles. The van der Waals surface area contributed by atoms with E-state index in [1.165, 1.54) is 5.56 Å². The van der Waals surface area contributed by atoms with E-state index in [1.54, 1.807) is 0 Å². The lowest BCUT2D eigenvalue weighted by Crippen LogP contribution is -2.46. The van der Waals surface area contributed by atoms with Gasteiger partial charge in [0.15, 0.2) is 0 Å². The van der Waals surface area contributed by atoms with Gasteiger partial charge in [0.1, 0.15) is 0 Å². The number of rotatable bonds is 3. The van der Waals surface area contributed by atoms with Crippen molar-refractivity contribution in [1.29, 1.82) is 0 Å². The molecule has 0 spiro atoms. The minimum atomic E-state index is -0.0265. The summed E-state index contributed by atoms with van der Waals surface area (Å²) in [6.45, 7) is 4.23. The minimum Gasteiger partial charge on any atom is -0.396 e. The van der Waals surface area contributed by atoms with Gasteiger partial charge in [0.2, 0.25) is 0 Å². The number of urea groups is 1. The third-order valence-electron chi connectivity index (χ3n) is 3.76. The van der Waals surface area contributed by atoms with E-state index in [0.717, 1.165) is 24.9 Å². The van der Waals surface area contributed by atoms with Crippen molar-refractivity contribution in [3.05, 3.63) is 35.4 Å². The third kappa shape index (κ3) is 3.70. The first kappa shape index (κ1) is 13.9. The van der Waals surface area contributed by atoms with Gasteiger partial charge in [-0.05, 0) is 36.8 Å². The summed E-state index contributed by atoms with van der Waals surface area (Å²) >= 11 is 0. The Morgan fingerprint density at radius 3 is 3.00 bits per heavy atom. The smallest absolute Gasteiger partial charge is 0.317 e. The number of hydrogen-bond acceptors (Lipinski definition) is 2. The van der Waals surface area contributed by atoms with Crippen LogP contribution in [0.25, 0.3) is 0 Å². The minimum absolute atomic E-state index is 0.0265. The number of aliphatic hydroxyl groups excluding tert-OH is 1. The molecule has 1 fully saturated rings. The Labute approximate surface area is 114 Å². The Balaban J connectivity index is 1.86. The lowest BCUT2D eigenvalue weighted by molar-refractivity contribution is 0.129. The number of nitrogens with zero attached hydrogens (tertiary/aromatic N) is 1. The zero-order valence-electron chi connectivity index (χ0n) is 11.4. The summed E-state index contributed by atoms with van der Waals surface area (Å²) in [5, 5.41) is 12.1. The predicted molar refractivity (Wildman–Crippen MR) is 74.8 cm³/mol. The highest BCUT2D eigenvalue weighted by molar-refractivity contribution is 5.74. The van der Waals surface area contributed by atoms with Crippen LogP contribution in [0.5, 0.6) is 0 Å². The number of nitrogens with one attached hydrogen (secondary N) is 1. The topological polar surface area (TPSA) is 52.6 Å². The molecule has 1 heterocycles. The lowest BCUT2D eigenvalue weighted by atomic mass is 9.99. The molecule has 1 atom stereocenters. The first-order valence-corrected chi connectivity index (χ1v) is 6.89. The quantitative estimate of drug-likeness (QED) is 0.874. The average Bonchev–Trinajstić information content (AvgIpc) is 2.46. The maximum Gasteiger partial charge on any atom is 0.317 e. The molecule has 1 aliphatic rings. The highest BCUT2D eigenvalue weighted by Gasteiger charge is 2.22. The van der Waals surface area contributed by atoms with Crippen LogP contribution in [0.1, 0.15) is 24.0 Å². The molecule has 1 saturated heterocycles. The summed E-state index contributed by atoms with van der Waals surface area (Å²) in [6.07, 6.45) is 1.99. The highest BCUT2D eigenvalue weighted by atomic mass is 16.3. The van der Waals surface area contributed by atoms with Gasteiger partial charge < -0.3 is 15.3 Å². The fourth-order valence-corrected chi connectivity index (χ4v) is 2.49. The van der Waals surface area contributed by atoms with E-state index in [2.05, 4.69) is 5.32 Å². The summed E-state index contributed by atoms with van der Waals surface area (Å²) in [6, 6.07) is 8.03. The van der Waals surface area contributed by atoms with Crippen LogP contribution in [0.2, 0.25) is 0 Å². The molecule has 0 saturated carbocycles. The van der Waals surface area contributed by atoms with Gasteiger partial charge in [0.25, 0.3) is 0 Å². The number of likely N-dealkylation sites (tertiary alicyclic amines) is 1. The monoisotopic (exact) mass is 262 g/mol. The van der Waals surface area contributed by atoms with Crippen LogP contribution in [0, 0.1) is 12.8 Å². The summed E-state index contributed by atoms with van der Waals surface area (Å²) in [5.41, 5.74) is 2.33. The van der Waals surface area contributed by atoms with Crippen molar-refractivity contribution in [1.82, 2.24) is 10.2 Å². The van der Waals surface area contributed by atoms with E-state index in [0.29, 0.717) is 13.1 Å². The largest absolute Gasteiger partial charge is 0.396 e. The summed E-state index contributed by atoms with van der Waals surface area (Å²) in [5.74, 6) is 0.234. The summed E-state index contributed by atoms with van der Waals surface area (Å²) in [7, 11) is 0. The SMILES string of the molecule is Cc1ccccc1CNC(=O)N1CCCC(CO)C1. The van der Waals surface area contributed by atoms with Gasteiger partial charge in [-0.1, -0.05) is 24.3 Å². The van der Waals surface area contributed by atoms with Gasteiger partial charge in [0.05, 0.1) is 0 Å². The number of amides is 2. The molecule has 1 aliphatic heterocycles. The van der Waals surface area contributed by atoms with Crippen molar-refractivity contribution >= 4 is 6.03 Å². The average molecular weight is 262 g/mol. The Morgan fingerprint density at radius 2 is 2.26 bits per heavy atom. The van der Waals surface area contributed by atoms with Crippen molar-refractivity contribution < 1.29 is 9.90 Å². The maximum absolute atomic E-state index is 12.1. The zero-order valence-corrected chi connectivity index (χ0v) is 11.4. The van der Waals surface area contributed by atoms with Gasteiger partial charge >= 0.3 is 6.03 Å². The standard InChI is InChI=1S/C15H22N2O2/c1-12-5-2-3-7-14(12)9-16-15(19)17-8-4-6-13(10-17)11-18/h2-3,5,7,13,18H,4,6,8-11H2,1H3,(H,16,19). The van der Waals surface area contributed by atoms with Crippen LogP contribution >= 0.6 is 0 Å². The maximum atomic E-state index is 12.1. The van der Waals surface area contributed by atoms with E-state index in [9.17, 15) is 9.90 Å². The van der Waals surface area contributed by atoms with Crippen molar-refractivity contribution in [3.8, 4) is 0 Å². The van der Waals surface area contributed by atoms with Crippen LogP contribution in [0.3, 0.4) is 0 Å². The van der Waals surface area contributed by atoms with Crippen LogP contribution in [0.4, 0.5) is 4.79 Å². The molecule has 2 amide bonds. The normalized spacial score (nSPS) is 19.3. The summed E-state index contributed by atoms with van der Waals surface area (Å²) < 4.78 is 0. The molecular formula is C15H22N2O2. The van der Waals surface area contributed by atoms with Crippen LogP contribution in [-0.2, 0) is 6.54 Å². The van der Waals surface area contributed by atoms with Gasteiger partial charge in [-0.15, -0.1) is 0 Å². The molecule has 19 heavy (non-hydrogen) atoms. The molecule has 2 rings (SSSR count). The second kappa shape index (κ2) is 6.57. The number of aryl methyl sites for hydroxylation is 1. The van der Waals surface area contributed by atoms with Crippen molar-refractivity contribution in [2.75, 3.05) is 19.7 Å². The molecule has 0 aliphatic carbocycles. The first-order valence-electron chi connectivity index (χ1n) is 6.89. The molecule has 2 N–H and O–H groups in total. The van der Waals surface area contributed by atoms with E-state index < -0.39 is 0 Å². The number of carbonyl (C=O) groups excluding carboxylic acids is 1. The van der Waals surface area contributed by atoms with Crippen LogP contribution in [-0.4, -0.2) is 35.7 Å². The molecule has 1 aromatic rings. The molecule has 1 aromatic carbocycles. The van der Waals surface area contributed by atoms with E-state index in [-0.39, 0.29) is 18.6 Å². The summed E-state index contributed by atoms with van der Waals surface area (Å²) in [4.78, 5) is 13.9. The third-order valence-corrected chi connectivity index (χ3v) is 3.76. The number of piperidine rings is 1. The molecule has 4 heteroatoms. The first-order chi connectivity index (χ1) is 9.20. The van der Waals surface area contributed by atoms with E-state index >= 15 is 0 Å². The van der Waals surface area contributed by atoms with E-state index in [4.69, 9.17) is 0 Å². The Hall–Kier alpha value is -1.55. The number of carbonyl (C=O) groups is 1. The Kier molecular flexibility index (Phi) is 4.80. The molecule has 4 nitrogen and oxygen atoms in total. The lowest BCUT2D eigenvalue weighted by Gasteiger charge is -2.31. The molecule has 104 valence electrons. The number of aliphatic hydroxyl groups is 1. The second-order valence-corrected chi connectivity index (χ2v) is 5.22. The number of benzene rings is 1. The second-order valence-electron chi connectivity index (χ2n) is 5.22. The fourth-order valence-electron chi connectivity index (χ4n) is 2.49. The molecule has 0 radical (unpaired) electrons. The predicted octanol–water partition coefficient (Wildman–Crippen LogP) is 1.91. The van der Waals surface area contributed by atoms with Gasteiger partial charge in [0, 0.05) is 26.2 Å². The van der Waals surface area contributed by atoms with Gasteiger partial charge in [-0.3, -0.25) is 0 Å². The molecule has 0 bridgehead atoms. The van der Waals surface area contributed by atoms with Gasteiger partial charge in [-0.2, -0.15) is 0 Å². The van der Waals surface area contributed by atoms with Gasteiger partial charge in [-0.25, -0.2) is 4.79 Å². The van der Waals surface area contributed by atoms with Crippen molar-refractivity contribution in [2.45, 2.75) is 26.3 Å². The molecular weight excluding hydrogens is 240 g/mol. The van der Waals surface area contributed by atoms with Crippen molar-refractivity contribution in [3.63, 3.8) is 0 Å². The highest BCUT2D eigenvalue weighted by Crippen LogP contribution is 2.16. The molecule has 1 unspecified atom stereocenters. The van der Waals surface area contributed by atoms with E-state index in [1.807, 2.05) is 36.1 Å². The Morgan fingerprint density at radius 1 is 1.47 bits per heavy atom. The van der Waals surface area contributed by atoms with Crippen LogP contribution in [0.15, 0.2) is 24.3 Å². The fraction of sp³-hybridized carbons (Fsp3) is 0.533. The Bertz CT molecular complexity index is 434. The van der Waals surface area contributed by atoms with Crippen LogP contribution < -0.4 is 5.32 Å². The number of hydrogen-bond donors (Lipinski definition) is 2. The van der Waals surface area contributed by atoms with Crippen molar-refractivity contribution in [2.24, 2.45) is 5.92 Å².